The van der Waals surface area contributed by atoms with Gasteiger partial charge < -0.3 is 14.6 Å². The van der Waals surface area contributed by atoms with Gasteiger partial charge >= 0.3 is 5.97 Å². The number of hydrogen-bond acceptors (Lipinski definition) is 6. The van der Waals surface area contributed by atoms with Crippen molar-refractivity contribution in [1.82, 2.24) is 14.9 Å². The van der Waals surface area contributed by atoms with Crippen LogP contribution in [0.15, 0.2) is 40.9 Å². The molecule has 0 radical (unpaired) electrons. The molecule has 1 amide bonds. The largest absolute Gasteiger partial charge is 0.449 e. The summed E-state index contributed by atoms with van der Waals surface area (Å²) in [5, 5.41) is 11.0. The zero-order valence-corrected chi connectivity index (χ0v) is 18.4. The SMILES string of the molecule is Cc1ccc(Cn2nc(C)c(/C=C/C(=O)OC(C)C(=O)Nc3cc(C)on3)c2Cl)cc1. The number of rotatable bonds is 7. The fourth-order valence-electron chi connectivity index (χ4n) is 2.80. The first-order valence-corrected chi connectivity index (χ1v) is 10.0. The summed E-state index contributed by atoms with van der Waals surface area (Å²) < 4.78 is 11.7. The Morgan fingerprint density at radius 1 is 1.26 bits per heavy atom. The Labute approximate surface area is 184 Å². The molecule has 0 aliphatic carbocycles. The summed E-state index contributed by atoms with van der Waals surface area (Å²) in [6.45, 7) is 7.50. The molecule has 162 valence electrons. The number of halogens is 1. The van der Waals surface area contributed by atoms with Crippen molar-refractivity contribution in [2.45, 2.75) is 40.3 Å². The molecule has 2 aromatic heterocycles. The number of nitrogens with one attached hydrogen (secondary N) is 1. The molecule has 1 atom stereocenters. The highest BCUT2D eigenvalue weighted by Crippen LogP contribution is 2.22. The van der Waals surface area contributed by atoms with Gasteiger partial charge in [0.15, 0.2) is 11.9 Å². The van der Waals surface area contributed by atoms with E-state index in [0.29, 0.717) is 28.7 Å². The molecule has 1 N–H and O–H groups in total. The van der Waals surface area contributed by atoms with Crippen LogP contribution in [0.25, 0.3) is 6.08 Å². The van der Waals surface area contributed by atoms with Crippen LogP contribution < -0.4 is 5.32 Å². The van der Waals surface area contributed by atoms with E-state index in [2.05, 4.69) is 15.6 Å². The van der Waals surface area contributed by atoms with Gasteiger partial charge in [0.1, 0.15) is 10.9 Å². The molecule has 8 nitrogen and oxygen atoms in total. The van der Waals surface area contributed by atoms with Gasteiger partial charge in [0.2, 0.25) is 0 Å². The quantitative estimate of drug-likeness (QED) is 0.437. The fraction of sp³-hybridized carbons (Fsp3) is 0.273. The number of benzene rings is 1. The highest BCUT2D eigenvalue weighted by molar-refractivity contribution is 6.31. The molecule has 1 unspecified atom stereocenters. The molecule has 3 aromatic rings. The molecule has 9 heteroatoms. The van der Waals surface area contributed by atoms with Gasteiger partial charge in [-0.15, -0.1) is 0 Å². The zero-order valence-electron chi connectivity index (χ0n) is 17.7. The minimum absolute atomic E-state index is 0.254. The number of carbonyl (C=O) groups excluding carboxylic acids is 2. The first-order valence-electron chi connectivity index (χ1n) is 9.64. The van der Waals surface area contributed by atoms with Gasteiger partial charge in [-0.1, -0.05) is 46.6 Å². The molecule has 0 saturated carbocycles. The maximum absolute atomic E-state index is 12.1. The number of aromatic nitrogens is 3. The van der Waals surface area contributed by atoms with Crippen molar-refractivity contribution in [3.8, 4) is 0 Å². The van der Waals surface area contributed by atoms with E-state index in [1.807, 2.05) is 31.2 Å². The van der Waals surface area contributed by atoms with Crippen LogP contribution in [-0.2, 0) is 20.9 Å². The summed E-state index contributed by atoms with van der Waals surface area (Å²) in [6, 6.07) is 9.64. The van der Waals surface area contributed by atoms with Crippen LogP contribution in [0.4, 0.5) is 5.82 Å². The number of nitrogens with zero attached hydrogens (tertiary/aromatic N) is 3. The highest BCUT2D eigenvalue weighted by Gasteiger charge is 2.18. The van der Waals surface area contributed by atoms with Crippen molar-refractivity contribution in [3.63, 3.8) is 0 Å². The monoisotopic (exact) mass is 442 g/mol. The van der Waals surface area contributed by atoms with Gasteiger partial charge in [0, 0.05) is 17.7 Å². The van der Waals surface area contributed by atoms with Crippen molar-refractivity contribution in [1.29, 1.82) is 0 Å². The Balaban J connectivity index is 1.61. The van der Waals surface area contributed by atoms with Crippen LogP contribution in [0.1, 0.15) is 35.1 Å². The predicted octanol–water partition coefficient (Wildman–Crippen LogP) is 4.08. The van der Waals surface area contributed by atoms with Crippen LogP contribution in [-0.4, -0.2) is 32.9 Å². The summed E-state index contributed by atoms with van der Waals surface area (Å²) in [7, 11) is 0. The standard InChI is InChI=1S/C22H23ClN4O4/c1-13-5-7-17(8-6-13)12-27-21(23)18(15(3)25-27)9-10-20(28)30-16(4)22(29)24-19-11-14(2)31-26-19/h5-11,16H,12H2,1-4H3,(H,24,26,29)/b10-9+. The Hall–Kier alpha value is -3.39. The normalized spacial score (nSPS) is 12.2. The van der Waals surface area contributed by atoms with Gasteiger partial charge in [0.05, 0.1) is 12.2 Å². The third-order valence-electron chi connectivity index (χ3n) is 4.49. The molecular formula is C22H23ClN4O4. The minimum Gasteiger partial charge on any atom is -0.449 e. The van der Waals surface area contributed by atoms with E-state index >= 15 is 0 Å². The van der Waals surface area contributed by atoms with Crippen molar-refractivity contribution < 1.29 is 18.8 Å². The second-order valence-electron chi connectivity index (χ2n) is 7.16. The Kier molecular flexibility index (Phi) is 6.91. The molecule has 31 heavy (non-hydrogen) atoms. The topological polar surface area (TPSA) is 99.2 Å². The van der Waals surface area contributed by atoms with Crippen LogP contribution in [0.3, 0.4) is 0 Å². The molecule has 1 aromatic carbocycles. The second-order valence-corrected chi connectivity index (χ2v) is 7.52. The summed E-state index contributed by atoms with van der Waals surface area (Å²) in [4.78, 5) is 24.3. The van der Waals surface area contributed by atoms with Crippen LogP contribution in [0, 0.1) is 20.8 Å². The van der Waals surface area contributed by atoms with Crippen LogP contribution in [0.2, 0.25) is 5.15 Å². The van der Waals surface area contributed by atoms with E-state index in [-0.39, 0.29) is 5.82 Å². The lowest BCUT2D eigenvalue weighted by Crippen LogP contribution is -2.29. The number of amides is 1. The van der Waals surface area contributed by atoms with E-state index in [9.17, 15) is 9.59 Å². The molecule has 0 aliphatic rings. The summed E-state index contributed by atoms with van der Waals surface area (Å²) >= 11 is 6.46. The van der Waals surface area contributed by atoms with Crippen LogP contribution >= 0.6 is 11.6 Å². The van der Waals surface area contributed by atoms with Crippen molar-refractivity contribution >= 4 is 35.4 Å². The number of hydrogen-bond donors (Lipinski definition) is 1. The average Bonchev–Trinajstić information content (AvgIpc) is 3.24. The first kappa shape index (κ1) is 22.3. The first-order chi connectivity index (χ1) is 14.7. The molecule has 3 rings (SSSR count). The van der Waals surface area contributed by atoms with Crippen LogP contribution in [0.5, 0.6) is 0 Å². The van der Waals surface area contributed by atoms with Gasteiger partial charge in [-0.2, -0.15) is 5.10 Å². The molecule has 0 aliphatic heterocycles. The number of carbonyl (C=O) groups is 2. The molecule has 0 saturated heterocycles. The van der Waals surface area contributed by atoms with Gasteiger partial charge in [-0.25, -0.2) is 9.48 Å². The maximum Gasteiger partial charge on any atom is 0.331 e. The number of esters is 1. The number of aryl methyl sites for hydroxylation is 3. The van der Waals surface area contributed by atoms with Crippen molar-refractivity contribution in [3.05, 3.63) is 69.7 Å². The molecular weight excluding hydrogens is 420 g/mol. The smallest absolute Gasteiger partial charge is 0.331 e. The molecule has 0 fully saturated rings. The minimum atomic E-state index is -1.02. The van der Waals surface area contributed by atoms with Gasteiger partial charge in [-0.05, 0) is 39.3 Å². The lowest BCUT2D eigenvalue weighted by Gasteiger charge is -2.10. The van der Waals surface area contributed by atoms with E-state index < -0.39 is 18.0 Å². The maximum atomic E-state index is 12.1. The summed E-state index contributed by atoms with van der Waals surface area (Å²) in [6.07, 6.45) is 1.73. The average molecular weight is 443 g/mol. The zero-order chi connectivity index (χ0) is 22.5. The number of anilines is 1. The lowest BCUT2D eigenvalue weighted by atomic mass is 10.1. The van der Waals surface area contributed by atoms with Crippen molar-refractivity contribution in [2.24, 2.45) is 0 Å². The summed E-state index contributed by atoms with van der Waals surface area (Å²) in [5.41, 5.74) is 3.52. The van der Waals surface area contributed by atoms with Gasteiger partial charge in [0.25, 0.3) is 5.91 Å². The second kappa shape index (κ2) is 9.61. The fourth-order valence-corrected chi connectivity index (χ4v) is 3.10. The van der Waals surface area contributed by atoms with E-state index in [4.69, 9.17) is 20.9 Å². The Morgan fingerprint density at radius 2 is 1.97 bits per heavy atom. The Morgan fingerprint density at radius 3 is 2.61 bits per heavy atom. The van der Waals surface area contributed by atoms with E-state index in [1.54, 1.807) is 24.6 Å². The highest BCUT2D eigenvalue weighted by atomic mass is 35.5. The predicted molar refractivity (Wildman–Crippen MR) is 117 cm³/mol. The molecule has 2 heterocycles. The van der Waals surface area contributed by atoms with E-state index in [1.165, 1.54) is 24.6 Å². The van der Waals surface area contributed by atoms with Gasteiger partial charge in [-0.3, -0.25) is 4.79 Å². The van der Waals surface area contributed by atoms with E-state index in [0.717, 1.165) is 5.56 Å². The Bertz CT molecular complexity index is 1120. The molecule has 0 bridgehead atoms. The summed E-state index contributed by atoms with van der Waals surface area (Å²) in [5.74, 6) is -0.390. The third kappa shape index (κ3) is 5.82. The molecule has 0 spiro atoms. The lowest BCUT2D eigenvalue weighted by molar-refractivity contribution is -0.148. The third-order valence-corrected chi connectivity index (χ3v) is 4.89. The number of ether oxygens (including phenoxy) is 1. The van der Waals surface area contributed by atoms with Crippen molar-refractivity contribution in [2.75, 3.05) is 5.32 Å².